The Hall–Kier alpha value is -4.04. The number of aromatic nitrogens is 1. The Morgan fingerprint density at radius 3 is 2.09 bits per heavy atom. The van der Waals surface area contributed by atoms with Gasteiger partial charge in [0.25, 0.3) is 0 Å². The number of thiazole rings is 1. The molecule has 4 atom stereocenters. The van der Waals surface area contributed by atoms with E-state index in [1.807, 2.05) is 85.2 Å². The van der Waals surface area contributed by atoms with Crippen LogP contribution in [-0.2, 0) is 23.9 Å². The molecule has 2 aliphatic rings. The quantitative estimate of drug-likeness (QED) is 0.234. The number of benzene rings is 1. The number of unbranched alkanes of at least 4 members (excludes halogenated alkanes) is 3. The lowest BCUT2D eigenvalue weighted by Crippen LogP contribution is -2.57. The van der Waals surface area contributed by atoms with Crippen molar-refractivity contribution in [1.82, 2.24) is 30.3 Å². The zero-order valence-corrected chi connectivity index (χ0v) is 34.1. The van der Waals surface area contributed by atoms with Crippen LogP contribution in [0.2, 0.25) is 0 Å². The van der Waals surface area contributed by atoms with Crippen LogP contribution >= 0.6 is 11.3 Å². The molecule has 2 aromatic rings. The maximum absolute atomic E-state index is 14.0. The number of carbonyl (C=O) groups excluding carboxylic acids is 5. The van der Waals surface area contributed by atoms with Crippen molar-refractivity contribution in [1.29, 1.82) is 0 Å². The Kier molecular flexibility index (Phi) is 14.7. The van der Waals surface area contributed by atoms with Gasteiger partial charge in [0, 0.05) is 52.0 Å². The fraction of sp³-hybridized carbons (Fsp3) is 0.650. The lowest BCUT2D eigenvalue weighted by atomic mass is 9.85. The molecule has 54 heavy (non-hydrogen) atoms. The average molecular weight is 769 g/mol. The van der Waals surface area contributed by atoms with Crippen LogP contribution in [0.1, 0.15) is 111 Å². The third kappa shape index (κ3) is 12.0. The molecular formula is C40H60N6O7S. The van der Waals surface area contributed by atoms with Crippen LogP contribution in [0.25, 0.3) is 10.4 Å². The van der Waals surface area contributed by atoms with Gasteiger partial charge in [0.2, 0.25) is 23.6 Å². The number of β-amino-alcohol motifs (C(OH)–C–C–N with tert-alkyl or cyclic N) is 1. The third-order valence-electron chi connectivity index (χ3n) is 9.89. The fourth-order valence-electron chi connectivity index (χ4n) is 6.79. The smallest absolute Gasteiger partial charge is 0.410 e. The van der Waals surface area contributed by atoms with E-state index >= 15 is 0 Å². The van der Waals surface area contributed by atoms with Crippen molar-refractivity contribution in [2.75, 3.05) is 32.7 Å². The number of rotatable bonds is 13. The number of nitrogens with zero attached hydrogens (tertiary/aromatic N) is 4. The highest BCUT2D eigenvalue weighted by Crippen LogP contribution is 2.30. The first kappa shape index (κ1) is 42.7. The number of aryl methyl sites for hydroxylation is 1. The maximum Gasteiger partial charge on any atom is 0.410 e. The summed E-state index contributed by atoms with van der Waals surface area (Å²) in [6.07, 6.45) is 2.40. The Bertz CT molecular complexity index is 1610. The standard InChI is InChI=1S/C40H60N6O7S/c1-26(28-15-17-29(18-16-28)34-27(2)41-25-54-34)42-36(50)31-23-30(47)24-46(31)37(51)35(39(3,4)5)43-32(48)13-11-9-10-12-14-33(49)44-19-21-45(22-20-44)38(52)53-40(6,7)8/h15-18,25-26,30-31,35,47H,9-14,19-24H2,1-8H3,(H,42,50)(H,43,48)/t26-,30+,31-,35+/m0/s1. The number of amides is 5. The van der Waals surface area contributed by atoms with Crippen LogP contribution in [-0.4, -0.2) is 111 Å². The van der Waals surface area contributed by atoms with Crippen molar-refractivity contribution >= 4 is 41.1 Å². The molecule has 2 saturated heterocycles. The fourth-order valence-corrected chi connectivity index (χ4v) is 7.60. The van der Waals surface area contributed by atoms with Crippen molar-refractivity contribution in [3.05, 3.63) is 41.0 Å². The van der Waals surface area contributed by atoms with E-state index in [9.17, 15) is 29.1 Å². The van der Waals surface area contributed by atoms with Crippen LogP contribution in [0.3, 0.4) is 0 Å². The van der Waals surface area contributed by atoms with Gasteiger partial charge in [0.15, 0.2) is 0 Å². The van der Waals surface area contributed by atoms with Gasteiger partial charge in [0.1, 0.15) is 17.7 Å². The summed E-state index contributed by atoms with van der Waals surface area (Å²) in [4.78, 5) is 76.0. The molecule has 0 aliphatic carbocycles. The summed E-state index contributed by atoms with van der Waals surface area (Å²) in [5.74, 6) is -0.938. The Morgan fingerprint density at radius 2 is 1.52 bits per heavy atom. The number of aliphatic hydroxyl groups is 1. The van der Waals surface area contributed by atoms with Gasteiger partial charge in [-0.25, -0.2) is 9.78 Å². The van der Waals surface area contributed by atoms with Crippen molar-refractivity contribution in [3.8, 4) is 10.4 Å². The second kappa shape index (κ2) is 18.5. The Morgan fingerprint density at radius 1 is 0.907 bits per heavy atom. The van der Waals surface area contributed by atoms with Gasteiger partial charge < -0.3 is 35.2 Å². The predicted octanol–water partition coefficient (Wildman–Crippen LogP) is 5.21. The van der Waals surface area contributed by atoms with Crippen molar-refractivity contribution in [2.24, 2.45) is 5.41 Å². The van der Waals surface area contributed by atoms with E-state index in [2.05, 4.69) is 15.6 Å². The average Bonchev–Trinajstić information content (AvgIpc) is 3.72. The Balaban J connectivity index is 1.21. The number of nitrogens with one attached hydrogen (secondary N) is 2. The number of aliphatic hydroxyl groups excluding tert-OH is 1. The zero-order valence-electron chi connectivity index (χ0n) is 33.3. The molecule has 0 saturated carbocycles. The summed E-state index contributed by atoms with van der Waals surface area (Å²) in [6.45, 7) is 16.8. The van der Waals surface area contributed by atoms with Gasteiger partial charge in [-0.05, 0) is 64.0 Å². The second-order valence-electron chi connectivity index (χ2n) is 16.6. The molecule has 2 aliphatic heterocycles. The number of ether oxygens (including phenoxy) is 1. The second-order valence-corrected chi connectivity index (χ2v) is 17.5. The predicted molar refractivity (Wildman–Crippen MR) is 208 cm³/mol. The van der Waals surface area contributed by atoms with Gasteiger partial charge in [0.05, 0.1) is 28.2 Å². The summed E-state index contributed by atoms with van der Waals surface area (Å²) in [5.41, 5.74) is 3.54. The number of piperazine rings is 1. The topological polar surface area (TPSA) is 161 Å². The lowest BCUT2D eigenvalue weighted by Gasteiger charge is -2.35. The van der Waals surface area contributed by atoms with Crippen LogP contribution in [0, 0.1) is 12.3 Å². The lowest BCUT2D eigenvalue weighted by molar-refractivity contribution is -0.144. The largest absolute Gasteiger partial charge is 0.444 e. The number of carbonyl (C=O) groups is 5. The number of hydrogen-bond donors (Lipinski definition) is 3. The molecule has 1 aromatic carbocycles. The first-order valence-corrected chi connectivity index (χ1v) is 20.1. The monoisotopic (exact) mass is 768 g/mol. The van der Waals surface area contributed by atoms with Crippen molar-refractivity contribution in [2.45, 2.75) is 130 Å². The summed E-state index contributed by atoms with van der Waals surface area (Å²) < 4.78 is 5.43. The van der Waals surface area contributed by atoms with E-state index in [1.54, 1.807) is 21.1 Å². The summed E-state index contributed by atoms with van der Waals surface area (Å²) in [7, 11) is 0. The molecule has 298 valence electrons. The third-order valence-corrected chi connectivity index (χ3v) is 10.9. The minimum atomic E-state index is -0.890. The van der Waals surface area contributed by atoms with Crippen molar-refractivity contribution in [3.63, 3.8) is 0 Å². The van der Waals surface area contributed by atoms with Crippen LogP contribution in [0.5, 0.6) is 0 Å². The number of hydrogen-bond acceptors (Lipinski definition) is 9. The van der Waals surface area contributed by atoms with E-state index in [4.69, 9.17) is 4.74 Å². The Labute approximate surface area is 324 Å². The molecule has 0 spiro atoms. The molecule has 3 N–H and O–H groups in total. The van der Waals surface area contributed by atoms with E-state index < -0.39 is 35.1 Å². The molecular weight excluding hydrogens is 709 g/mol. The van der Waals surface area contributed by atoms with Gasteiger partial charge in [-0.1, -0.05) is 57.9 Å². The van der Waals surface area contributed by atoms with Gasteiger partial charge in [-0.15, -0.1) is 11.3 Å². The first-order valence-electron chi connectivity index (χ1n) is 19.2. The highest BCUT2D eigenvalue weighted by atomic mass is 32.1. The summed E-state index contributed by atoms with van der Waals surface area (Å²) in [6, 6.07) is 5.86. The van der Waals surface area contributed by atoms with E-state index in [0.29, 0.717) is 45.4 Å². The zero-order chi connectivity index (χ0) is 39.8. The highest BCUT2D eigenvalue weighted by molar-refractivity contribution is 7.13. The molecule has 4 rings (SSSR count). The van der Waals surface area contributed by atoms with Crippen LogP contribution in [0.4, 0.5) is 4.79 Å². The van der Waals surface area contributed by atoms with Crippen LogP contribution < -0.4 is 10.6 Å². The molecule has 2 fully saturated rings. The molecule has 0 bridgehead atoms. The van der Waals surface area contributed by atoms with E-state index in [1.165, 1.54) is 4.90 Å². The van der Waals surface area contributed by atoms with Gasteiger partial charge in [-0.3, -0.25) is 19.2 Å². The highest BCUT2D eigenvalue weighted by Gasteiger charge is 2.44. The molecule has 0 unspecified atom stereocenters. The molecule has 13 nitrogen and oxygen atoms in total. The molecule has 1 aromatic heterocycles. The normalized spacial score (nSPS) is 18.9. The minimum Gasteiger partial charge on any atom is -0.444 e. The van der Waals surface area contributed by atoms with Gasteiger partial charge >= 0.3 is 6.09 Å². The van der Waals surface area contributed by atoms with Crippen LogP contribution in [0.15, 0.2) is 29.8 Å². The van der Waals surface area contributed by atoms with E-state index in [-0.39, 0.29) is 49.2 Å². The molecule has 0 radical (unpaired) electrons. The minimum absolute atomic E-state index is 0.00872. The van der Waals surface area contributed by atoms with Crippen molar-refractivity contribution < 1.29 is 33.8 Å². The molecule has 3 heterocycles. The first-order chi connectivity index (χ1) is 25.3. The van der Waals surface area contributed by atoms with Gasteiger partial charge in [-0.2, -0.15) is 0 Å². The number of likely N-dealkylation sites (tertiary alicyclic amines) is 1. The summed E-state index contributed by atoms with van der Waals surface area (Å²) in [5, 5.41) is 16.5. The SMILES string of the molecule is Cc1ncsc1-c1ccc([C@H](C)NC(=O)[C@@H]2C[C@@H](O)CN2C(=O)[C@@H](NC(=O)CCCCCCC(=O)N2CCN(C(=O)OC(C)(C)C)CC2)C(C)(C)C)cc1. The van der Waals surface area contributed by atoms with E-state index in [0.717, 1.165) is 34.5 Å². The molecule has 5 amide bonds. The summed E-state index contributed by atoms with van der Waals surface area (Å²) >= 11 is 1.58. The molecule has 14 heteroatoms. The maximum atomic E-state index is 14.0.